The van der Waals surface area contributed by atoms with E-state index in [2.05, 4.69) is 53.7 Å². The van der Waals surface area contributed by atoms with Crippen LogP contribution in [0.5, 0.6) is 0 Å². The Kier molecular flexibility index (Phi) is 5.40. The van der Waals surface area contributed by atoms with E-state index in [1.165, 1.54) is 116 Å². The molecular formula is C42H47. The summed E-state index contributed by atoms with van der Waals surface area (Å²) in [4.78, 5) is 0. The van der Waals surface area contributed by atoms with Gasteiger partial charge in [0.15, 0.2) is 0 Å². The van der Waals surface area contributed by atoms with Gasteiger partial charge in [-0.15, -0.1) is 0 Å². The summed E-state index contributed by atoms with van der Waals surface area (Å²) in [5.74, 6) is 31.5. The zero-order valence-corrected chi connectivity index (χ0v) is 25.6. The molecule has 0 N–H and O–H groups in total. The fourth-order valence-electron chi connectivity index (χ4n) is 14.2. The van der Waals surface area contributed by atoms with Crippen LogP contribution in [0.1, 0.15) is 132 Å². The molecule has 12 aliphatic rings. The Bertz CT molecular complexity index is 1390. The van der Waals surface area contributed by atoms with Gasteiger partial charge in [-0.3, -0.25) is 0 Å². The van der Waals surface area contributed by atoms with Crippen molar-refractivity contribution in [2.45, 2.75) is 116 Å². The maximum absolute atomic E-state index is 3.97. The molecule has 0 unspecified atom stereocenters. The largest absolute Gasteiger partial charge is 0.0911 e. The summed E-state index contributed by atoms with van der Waals surface area (Å²) in [7, 11) is 0. The Hall–Kier alpha value is -2.10. The first-order valence-electron chi connectivity index (χ1n) is 18.1. The highest BCUT2D eigenvalue weighted by Gasteiger charge is 2.52. The molecule has 0 heterocycles. The van der Waals surface area contributed by atoms with Gasteiger partial charge in [0.1, 0.15) is 0 Å². The lowest BCUT2D eigenvalue weighted by atomic mass is 9.50. The first kappa shape index (κ1) is 25.2. The summed E-state index contributed by atoms with van der Waals surface area (Å²) >= 11 is 0. The van der Waals surface area contributed by atoms with Gasteiger partial charge in [0.25, 0.3) is 0 Å². The van der Waals surface area contributed by atoms with Gasteiger partial charge >= 0.3 is 0 Å². The summed E-state index contributed by atoms with van der Waals surface area (Å²) in [5.41, 5.74) is 4.13. The monoisotopic (exact) mass is 551 g/mol. The van der Waals surface area contributed by atoms with E-state index in [9.17, 15) is 0 Å². The van der Waals surface area contributed by atoms with Crippen molar-refractivity contribution in [2.75, 3.05) is 0 Å². The summed E-state index contributed by atoms with van der Waals surface area (Å²) in [6.07, 6.45) is 25.4. The second-order valence-electron chi connectivity index (χ2n) is 18.0. The summed E-state index contributed by atoms with van der Waals surface area (Å²) in [6.45, 7) is 0. The fourth-order valence-corrected chi connectivity index (χ4v) is 14.2. The third-order valence-corrected chi connectivity index (χ3v) is 14.4. The summed E-state index contributed by atoms with van der Waals surface area (Å²) in [6, 6.07) is 8.16. The highest BCUT2D eigenvalue weighted by atomic mass is 14.6. The van der Waals surface area contributed by atoms with Gasteiger partial charge < -0.3 is 0 Å². The molecule has 0 atom stereocenters. The second-order valence-corrected chi connectivity index (χ2v) is 18.0. The number of rotatable bonds is 0. The molecule has 1 radical (unpaired) electrons. The highest BCUT2D eigenvalue weighted by Crippen LogP contribution is 2.62. The van der Waals surface area contributed by atoms with Crippen molar-refractivity contribution < 1.29 is 0 Å². The molecule has 12 bridgehead atoms. The molecule has 42 heavy (non-hydrogen) atoms. The van der Waals surface area contributed by atoms with Crippen molar-refractivity contribution in [3.8, 4) is 35.5 Å². The molecule has 13 rings (SSSR count). The van der Waals surface area contributed by atoms with Gasteiger partial charge in [0.2, 0.25) is 0 Å². The maximum atomic E-state index is 3.97. The molecule has 12 saturated carbocycles. The lowest BCUT2D eigenvalue weighted by molar-refractivity contribution is -0.0182. The zero-order valence-electron chi connectivity index (χ0n) is 25.6. The van der Waals surface area contributed by atoms with Crippen LogP contribution in [0.15, 0.2) is 12.1 Å². The van der Waals surface area contributed by atoms with Crippen molar-refractivity contribution >= 4 is 0 Å². The molecule has 0 amide bonds. The van der Waals surface area contributed by atoms with Gasteiger partial charge in [-0.25, -0.2) is 0 Å². The molecule has 12 aliphatic carbocycles. The predicted molar refractivity (Wildman–Crippen MR) is 168 cm³/mol. The zero-order chi connectivity index (χ0) is 27.5. The molecule has 1 aromatic rings. The molecule has 12 fully saturated rings. The van der Waals surface area contributed by atoms with Crippen molar-refractivity contribution in [3.63, 3.8) is 0 Å². The minimum atomic E-state index is 0.264. The molecular weight excluding hydrogens is 504 g/mol. The Morgan fingerprint density at radius 3 is 1.17 bits per heavy atom. The number of hydrogen-bond donors (Lipinski definition) is 0. The second kappa shape index (κ2) is 8.98. The van der Waals surface area contributed by atoms with Crippen molar-refractivity contribution in [1.29, 1.82) is 0 Å². The summed E-state index contributed by atoms with van der Waals surface area (Å²) < 4.78 is 0. The SMILES string of the molecule is C(#CC12CC3CC(CC(C3)C1)C2)c1c[c]c(C#CC23CC4CC(CC(C4)C2)C3)c(C#CC23CC4CC(CC(C4)C2)C3)c1. The van der Waals surface area contributed by atoms with Gasteiger partial charge in [-0.05, 0) is 181 Å². The molecule has 0 spiro atoms. The van der Waals surface area contributed by atoms with Gasteiger partial charge in [-0.1, -0.05) is 35.5 Å². The standard InChI is InChI=1S/C42H47/c1-2-38(4-7-41-22-32-12-33(23-41)14-34(13-32)24-41)39(5-8-42-25-35-15-36(26-42)17-37(16-35)27-42)18-28(1)3-6-40-19-29-9-30(20-40)11-31(10-29)21-40/h1,18,29-37H,9-17,19-27H2. The van der Waals surface area contributed by atoms with E-state index in [0.29, 0.717) is 0 Å². The highest BCUT2D eigenvalue weighted by molar-refractivity contribution is 5.55. The quantitative estimate of drug-likeness (QED) is 0.282. The third kappa shape index (κ3) is 4.27. The fraction of sp³-hybridized carbons (Fsp3) is 0.714. The van der Waals surface area contributed by atoms with Crippen LogP contribution in [0.2, 0.25) is 0 Å². The van der Waals surface area contributed by atoms with Crippen LogP contribution in [0.25, 0.3) is 0 Å². The Morgan fingerprint density at radius 2 is 0.786 bits per heavy atom. The smallest absolute Gasteiger partial charge is 0.0481 e. The van der Waals surface area contributed by atoms with E-state index in [1.807, 2.05) is 0 Å². The Balaban J connectivity index is 1.00. The average Bonchev–Trinajstić information content (AvgIpc) is 2.92. The van der Waals surface area contributed by atoms with E-state index in [-0.39, 0.29) is 16.2 Å². The third-order valence-electron chi connectivity index (χ3n) is 14.4. The maximum Gasteiger partial charge on any atom is 0.0481 e. The molecule has 0 nitrogen and oxygen atoms in total. The van der Waals surface area contributed by atoms with Crippen LogP contribution in [0, 0.1) is 111 Å². The van der Waals surface area contributed by atoms with Gasteiger partial charge in [-0.2, -0.15) is 0 Å². The van der Waals surface area contributed by atoms with Crippen LogP contribution in [-0.4, -0.2) is 0 Å². The first-order valence-corrected chi connectivity index (χ1v) is 18.1. The molecule has 1 aromatic carbocycles. The van der Waals surface area contributed by atoms with E-state index in [1.54, 1.807) is 0 Å². The van der Waals surface area contributed by atoms with E-state index >= 15 is 0 Å². The molecule has 0 heteroatoms. The molecule has 0 aliphatic heterocycles. The van der Waals surface area contributed by atoms with Crippen molar-refractivity contribution in [2.24, 2.45) is 69.5 Å². The molecule has 0 aromatic heterocycles. The van der Waals surface area contributed by atoms with E-state index < -0.39 is 0 Å². The average molecular weight is 552 g/mol. The van der Waals surface area contributed by atoms with Crippen molar-refractivity contribution in [3.05, 3.63) is 34.9 Å². The lowest BCUT2D eigenvalue weighted by Crippen LogP contribution is -2.45. The van der Waals surface area contributed by atoms with Crippen molar-refractivity contribution in [1.82, 2.24) is 0 Å². The van der Waals surface area contributed by atoms with Gasteiger partial charge in [0.05, 0.1) is 0 Å². The number of hydrogen-bond acceptors (Lipinski definition) is 0. The minimum absolute atomic E-state index is 0.264. The van der Waals surface area contributed by atoms with Crippen LogP contribution >= 0.6 is 0 Å². The lowest BCUT2D eigenvalue weighted by Gasteiger charge is -2.54. The molecule has 0 saturated heterocycles. The van der Waals surface area contributed by atoms with E-state index in [4.69, 9.17) is 0 Å². The van der Waals surface area contributed by atoms with Crippen LogP contribution in [0.4, 0.5) is 0 Å². The van der Waals surface area contributed by atoms with Crippen LogP contribution in [-0.2, 0) is 0 Å². The predicted octanol–water partition coefficient (Wildman–Crippen LogP) is 9.19. The normalized spacial score (nSPS) is 49.6. The summed E-state index contributed by atoms with van der Waals surface area (Å²) in [5, 5.41) is 0. The number of benzene rings is 1. The van der Waals surface area contributed by atoms with Crippen LogP contribution < -0.4 is 0 Å². The topological polar surface area (TPSA) is 0 Å². The van der Waals surface area contributed by atoms with Crippen LogP contribution in [0.3, 0.4) is 0 Å². The Morgan fingerprint density at radius 1 is 0.452 bits per heavy atom. The van der Waals surface area contributed by atoms with Gasteiger partial charge in [0, 0.05) is 39.0 Å². The minimum Gasteiger partial charge on any atom is -0.0911 e. The Labute approximate surface area is 255 Å². The van der Waals surface area contributed by atoms with E-state index in [0.717, 1.165) is 70.0 Å². The molecule has 215 valence electrons. The first-order chi connectivity index (χ1) is 20.5.